The van der Waals surface area contributed by atoms with Gasteiger partial charge in [0.25, 0.3) is 0 Å². The molecule has 0 aromatic carbocycles. The first-order chi connectivity index (χ1) is 11.7. The maximum absolute atomic E-state index is 6.28. The summed E-state index contributed by atoms with van der Waals surface area (Å²) in [6.45, 7) is 6.15. The molecule has 4 rings (SSSR count). The summed E-state index contributed by atoms with van der Waals surface area (Å²) in [6.07, 6.45) is 6.93. The quantitative estimate of drug-likeness (QED) is 0.924. The Hall–Kier alpha value is -1.50. The number of aromatic nitrogens is 2. The largest absolute Gasteiger partial charge is 0.371 e. The fourth-order valence-corrected chi connectivity index (χ4v) is 4.83. The van der Waals surface area contributed by atoms with Crippen LogP contribution >= 0.6 is 11.3 Å². The van der Waals surface area contributed by atoms with Crippen LogP contribution in [0, 0.1) is 6.92 Å². The van der Waals surface area contributed by atoms with Crippen LogP contribution in [0.3, 0.4) is 0 Å². The van der Waals surface area contributed by atoms with Crippen molar-refractivity contribution in [3.05, 3.63) is 40.3 Å². The first-order valence-corrected chi connectivity index (χ1v) is 9.48. The number of likely N-dealkylation sites (tertiary alicyclic amines) is 1. The lowest BCUT2D eigenvalue weighted by Gasteiger charge is -2.39. The van der Waals surface area contributed by atoms with Crippen molar-refractivity contribution in [1.82, 2.24) is 14.9 Å². The van der Waals surface area contributed by atoms with Crippen LogP contribution in [-0.4, -0.2) is 46.2 Å². The van der Waals surface area contributed by atoms with Crippen molar-refractivity contribution in [1.29, 1.82) is 0 Å². The fourth-order valence-electron chi connectivity index (χ4n) is 3.89. The van der Waals surface area contributed by atoms with Gasteiger partial charge in [0, 0.05) is 41.7 Å². The van der Waals surface area contributed by atoms with Crippen molar-refractivity contribution in [2.24, 2.45) is 0 Å². The number of anilines is 1. The van der Waals surface area contributed by atoms with Gasteiger partial charge in [-0.05, 0) is 44.5 Å². The van der Waals surface area contributed by atoms with Crippen LogP contribution in [0.1, 0.15) is 29.0 Å². The zero-order valence-corrected chi connectivity index (χ0v) is 14.9. The fraction of sp³-hybridized carbons (Fsp3) is 0.556. The normalized spacial score (nSPS) is 27.6. The lowest BCUT2D eigenvalue weighted by atomic mass is 9.88. The predicted molar refractivity (Wildman–Crippen MR) is 96.3 cm³/mol. The molecule has 2 saturated heterocycles. The Balaban J connectivity index is 1.36. The molecular weight excluding hydrogens is 320 g/mol. The van der Waals surface area contributed by atoms with Gasteiger partial charge < -0.3 is 10.1 Å². The SMILES string of the molecule is Cc1ccc(CN2CCC[C@]3(C[C@@H](Nc4ncccn4)CO3)C2)s1. The van der Waals surface area contributed by atoms with Gasteiger partial charge in [-0.1, -0.05) is 0 Å². The molecule has 6 heteroatoms. The van der Waals surface area contributed by atoms with E-state index in [2.05, 4.69) is 39.2 Å². The minimum atomic E-state index is -0.00298. The van der Waals surface area contributed by atoms with Gasteiger partial charge in [0.05, 0.1) is 18.2 Å². The number of thiophene rings is 1. The van der Waals surface area contributed by atoms with E-state index in [0.29, 0.717) is 12.0 Å². The average molecular weight is 344 g/mol. The average Bonchev–Trinajstić information content (AvgIpc) is 3.15. The molecule has 2 aliphatic heterocycles. The highest BCUT2D eigenvalue weighted by Crippen LogP contribution is 2.36. The monoisotopic (exact) mass is 344 g/mol. The van der Waals surface area contributed by atoms with E-state index in [1.165, 1.54) is 22.7 Å². The summed E-state index contributed by atoms with van der Waals surface area (Å²) >= 11 is 1.90. The summed E-state index contributed by atoms with van der Waals surface area (Å²) < 4.78 is 6.28. The van der Waals surface area contributed by atoms with E-state index in [1.54, 1.807) is 12.4 Å². The Morgan fingerprint density at radius 2 is 2.25 bits per heavy atom. The molecule has 0 aliphatic carbocycles. The molecule has 5 nitrogen and oxygen atoms in total. The Bertz CT molecular complexity index is 677. The van der Waals surface area contributed by atoms with E-state index in [0.717, 1.165) is 32.5 Å². The number of rotatable bonds is 4. The molecule has 0 amide bonds. The number of piperidine rings is 1. The summed E-state index contributed by atoms with van der Waals surface area (Å²) in [5.41, 5.74) is -0.00298. The van der Waals surface area contributed by atoms with Gasteiger partial charge in [0.1, 0.15) is 0 Å². The second-order valence-corrected chi connectivity index (χ2v) is 8.31. The van der Waals surface area contributed by atoms with E-state index in [-0.39, 0.29) is 5.60 Å². The molecule has 2 atom stereocenters. The highest BCUT2D eigenvalue weighted by molar-refractivity contribution is 7.11. The number of ether oxygens (including phenoxy) is 1. The van der Waals surface area contributed by atoms with Gasteiger partial charge in [-0.25, -0.2) is 9.97 Å². The second kappa shape index (κ2) is 6.78. The molecule has 24 heavy (non-hydrogen) atoms. The van der Waals surface area contributed by atoms with Crippen molar-refractivity contribution in [3.8, 4) is 0 Å². The number of nitrogens with zero attached hydrogens (tertiary/aromatic N) is 3. The van der Waals surface area contributed by atoms with Gasteiger partial charge in [-0.3, -0.25) is 4.90 Å². The van der Waals surface area contributed by atoms with Gasteiger partial charge >= 0.3 is 0 Å². The Labute approximate surface area is 147 Å². The van der Waals surface area contributed by atoms with Crippen molar-refractivity contribution < 1.29 is 4.74 Å². The lowest BCUT2D eigenvalue weighted by Crippen LogP contribution is -2.47. The maximum atomic E-state index is 6.28. The molecule has 0 radical (unpaired) electrons. The van der Waals surface area contributed by atoms with Crippen LogP contribution in [0.15, 0.2) is 30.6 Å². The summed E-state index contributed by atoms with van der Waals surface area (Å²) in [5.74, 6) is 0.699. The van der Waals surface area contributed by atoms with E-state index >= 15 is 0 Å². The first kappa shape index (κ1) is 16.0. The third-order valence-corrected chi connectivity index (χ3v) is 5.89. The Kier molecular flexibility index (Phi) is 4.52. The van der Waals surface area contributed by atoms with Crippen LogP contribution in [0.4, 0.5) is 5.95 Å². The zero-order chi connectivity index (χ0) is 16.4. The molecule has 0 saturated carbocycles. The molecule has 0 bridgehead atoms. The highest BCUT2D eigenvalue weighted by Gasteiger charge is 2.43. The smallest absolute Gasteiger partial charge is 0.222 e. The van der Waals surface area contributed by atoms with Crippen molar-refractivity contribution in [3.63, 3.8) is 0 Å². The van der Waals surface area contributed by atoms with Gasteiger partial charge in [-0.2, -0.15) is 0 Å². The summed E-state index contributed by atoms with van der Waals surface area (Å²) in [7, 11) is 0. The summed E-state index contributed by atoms with van der Waals surface area (Å²) in [4.78, 5) is 13.9. The van der Waals surface area contributed by atoms with Gasteiger partial charge in [0.15, 0.2) is 0 Å². The molecule has 2 aliphatic rings. The Morgan fingerprint density at radius 1 is 1.38 bits per heavy atom. The van der Waals surface area contributed by atoms with Crippen LogP contribution in [0.25, 0.3) is 0 Å². The van der Waals surface area contributed by atoms with Crippen molar-refractivity contribution in [2.75, 3.05) is 25.0 Å². The molecule has 1 N–H and O–H groups in total. The lowest BCUT2D eigenvalue weighted by molar-refractivity contribution is -0.0531. The van der Waals surface area contributed by atoms with E-state index < -0.39 is 0 Å². The molecule has 2 aromatic rings. The molecular formula is C18H24N4OS. The molecule has 128 valence electrons. The summed E-state index contributed by atoms with van der Waals surface area (Å²) in [5, 5.41) is 3.42. The van der Waals surface area contributed by atoms with Crippen LogP contribution in [-0.2, 0) is 11.3 Å². The third kappa shape index (κ3) is 3.61. The molecule has 0 unspecified atom stereocenters. The molecule has 4 heterocycles. The zero-order valence-electron chi connectivity index (χ0n) is 14.1. The molecule has 2 fully saturated rings. The van der Waals surface area contributed by atoms with Crippen LogP contribution in [0.5, 0.6) is 0 Å². The standard InChI is InChI=1S/C18H24N4OS/c1-14-4-5-16(24-14)11-22-9-2-6-18(13-22)10-15(12-23-18)21-17-19-7-3-8-20-17/h3-5,7-8,15H,2,6,9-13H2,1H3,(H,19,20,21)/t15-,18+/m1/s1. The summed E-state index contributed by atoms with van der Waals surface area (Å²) in [6, 6.07) is 6.61. The maximum Gasteiger partial charge on any atom is 0.222 e. The first-order valence-electron chi connectivity index (χ1n) is 8.66. The number of nitrogens with one attached hydrogen (secondary N) is 1. The molecule has 2 aromatic heterocycles. The number of hydrogen-bond acceptors (Lipinski definition) is 6. The van der Waals surface area contributed by atoms with Crippen LogP contribution < -0.4 is 5.32 Å². The number of hydrogen-bond donors (Lipinski definition) is 1. The van der Waals surface area contributed by atoms with Gasteiger partial charge in [0.2, 0.25) is 5.95 Å². The number of aryl methyl sites for hydroxylation is 1. The van der Waals surface area contributed by atoms with E-state index in [4.69, 9.17) is 4.74 Å². The van der Waals surface area contributed by atoms with Crippen molar-refractivity contribution >= 4 is 17.3 Å². The third-order valence-electron chi connectivity index (χ3n) is 4.90. The molecule has 1 spiro atoms. The minimum absolute atomic E-state index is 0.00298. The van der Waals surface area contributed by atoms with E-state index in [1.807, 2.05) is 17.4 Å². The topological polar surface area (TPSA) is 50.3 Å². The van der Waals surface area contributed by atoms with Gasteiger partial charge in [-0.15, -0.1) is 11.3 Å². The van der Waals surface area contributed by atoms with Crippen LogP contribution in [0.2, 0.25) is 0 Å². The van der Waals surface area contributed by atoms with Crippen molar-refractivity contribution in [2.45, 2.75) is 44.4 Å². The Morgan fingerprint density at radius 3 is 3.04 bits per heavy atom. The minimum Gasteiger partial charge on any atom is -0.371 e. The highest BCUT2D eigenvalue weighted by atomic mass is 32.1. The second-order valence-electron chi connectivity index (χ2n) is 6.94. The predicted octanol–water partition coefficient (Wildman–Crippen LogP) is 3.08. The van der Waals surface area contributed by atoms with E-state index in [9.17, 15) is 0 Å².